The van der Waals surface area contributed by atoms with Crippen LogP contribution in [0.2, 0.25) is 5.15 Å². The third-order valence-electron chi connectivity index (χ3n) is 3.74. The third-order valence-corrected chi connectivity index (χ3v) is 4.11. The average molecular weight is 252 g/mol. The summed E-state index contributed by atoms with van der Waals surface area (Å²) >= 11 is 6.21. The Morgan fingerprint density at radius 1 is 1.12 bits per heavy atom. The quantitative estimate of drug-likeness (QED) is 0.833. The van der Waals surface area contributed by atoms with Crippen molar-refractivity contribution in [2.24, 2.45) is 0 Å². The Hall–Kier alpha value is -0.830. The van der Waals surface area contributed by atoms with Gasteiger partial charge in [0.25, 0.3) is 0 Å². The zero-order valence-electron chi connectivity index (χ0n) is 10.2. The van der Waals surface area contributed by atoms with Crippen molar-refractivity contribution in [3.63, 3.8) is 0 Å². The highest BCUT2D eigenvalue weighted by Gasteiger charge is 2.25. The largest absolute Gasteiger partial charge is 0.367 e. The fraction of sp³-hybridized carbons (Fsp3) is 0.692. The molecule has 2 aliphatic carbocycles. The molecule has 2 saturated carbocycles. The van der Waals surface area contributed by atoms with Gasteiger partial charge < -0.3 is 5.32 Å². The number of nitrogens with one attached hydrogen (secondary N) is 1. The summed E-state index contributed by atoms with van der Waals surface area (Å²) in [5.74, 6) is 2.42. The predicted molar refractivity (Wildman–Crippen MR) is 69.6 cm³/mol. The molecule has 1 aromatic heterocycles. The molecule has 0 saturated heterocycles. The Labute approximate surface area is 107 Å². The van der Waals surface area contributed by atoms with E-state index in [4.69, 9.17) is 11.6 Å². The van der Waals surface area contributed by atoms with Crippen molar-refractivity contribution in [2.45, 2.75) is 57.4 Å². The number of halogens is 1. The van der Waals surface area contributed by atoms with Gasteiger partial charge in [-0.15, -0.1) is 0 Å². The van der Waals surface area contributed by atoms with Crippen LogP contribution in [0.5, 0.6) is 0 Å². The second kappa shape index (κ2) is 4.45. The van der Waals surface area contributed by atoms with Gasteiger partial charge in [0.2, 0.25) is 0 Å². The average Bonchev–Trinajstić information content (AvgIpc) is 2.96. The summed E-state index contributed by atoms with van der Waals surface area (Å²) in [5, 5.41) is 4.07. The fourth-order valence-corrected chi connectivity index (χ4v) is 2.61. The van der Waals surface area contributed by atoms with Gasteiger partial charge in [0.1, 0.15) is 16.8 Å². The van der Waals surface area contributed by atoms with Crippen molar-refractivity contribution in [3.05, 3.63) is 16.5 Å². The molecule has 0 unspecified atom stereocenters. The van der Waals surface area contributed by atoms with E-state index in [0.717, 1.165) is 17.2 Å². The van der Waals surface area contributed by atoms with E-state index in [9.17, 15) is 0 Å². The Morgan fingerprint density at radius 3 is 2.47 bits per heavy atom. The third kappa shape index (κ3) is 2.39. The van der Waals surface area contributed by atoms with E-state index in [-0.39, 0.29) is 0 Å². The number of anilines is 1. The van der Waals surface area contributed by atoms with Gasteiger partial charge >= 0.3 is 0 Å². The molecule has 2 fully saturated rings. The topological polar surface area (TPSA) is 37.8 Å². The van der Waals surface area contributed by atoms with Crippen LogP contribution in [0, 0.1) is 6.92 Å². The molecule has 1 heterocycles. The molecular formula is C13H18ClN3. The summed E-state index contributed by atoms with van der Waals surface area (Å²) in [4.78, 5) is 9.15. The van der Waals surface area contributed by atoms with Crippen molar-refractivity contribution in [2.75, 3.05) is 5.32 Å². The second-order valence-corrected chi connectivity index (χ2v) is 5.60. The minimum Gasteiger partial charge on any atom is -0.367 e. The van der Waals surface area contributed by atoms with Crippen LogP contribution >= 0.6 is 11.6 Å². The van der Waals surface area contributed by atoms with Crippen molar-refractivity contribution >= 4 is 17.4 Å². The lowest BCUT2D eigenvalue weighted by atomic mass is 10.1. The van der Waals surface area contributed by atoms with E-state index in [2.05, 4.69) is 15.3 Å². The molecule has 0 amide bonds. The lowest BCUT2D eigenvalue weighted by Gasteiger charge is -2.13. The van der Waals surface area contributed by atoms with Crippen molar-refractivity contribution in [1.29, 1.82) is 0 Å². The lowest BCUT2D eigenvalue weighted by Crippen LogP contribution is -2.10. The van der Waals surface area contributed by atoms with E-state index >= 15 is 0 Å². The summed E-state index contributed by atoms with van der Waals surface area (Å²) in [5.41, 5.74) is 0.986. The van der Waals surface area contributed by atoms with Gasteiger partial charge in [-0.1, -0.05) is 24.4 Å². The number of hydrogen-bond acceptors (Lipinski definition) is 3. The van der Waals surface area contributed by atoms with E-state index in [0.29, 0.717) is 17.1 Å². The summed E-state index contributed by atoms with van der Waals surface area (Å²) in [6.45, 7) is 1.99. The molecule has 0 bridgehead atoms. The highest BCUT2D eigenvalue weighted by atomic mass is 35.5. The lowest BCUT2D eigenvalue weighted by molar-refractivity contribution is 0.667. The van der Waals surface area contributed by atoms with Gasteiger partial charge in [0.05, 0.1) is 0 Å². The highest BCUT2D eigenvalue weighted by Crippen LogP contribution is 2.35. The maximum atomic E-state index is 6.21. The van der Waals surface area contributed by atoms with Crippen LogP contribution < -0.4 is 5.32 Å². The maximum absolute atomic E-state index is 6.21. The Balaban J connectivity index is 1.89. The monoisotopic (exact) mass is 251 g/mol. The summed E-state index contributed by atoms with van der Waals surface area (Å²) in [7, 11) is 0. The fourth-order valence-electron chi connectivity index (χ4n) is 2.43. The van der Waals surface area contributed by atoms with E-state index in [1.54, 1.807) is 0 Å². The van der Waals surface area contributed by atoms with Gasteiger partial charge in [0, 0.05) is 17.5 Å². The first-order chi connectivity index (χ1) is 8.24. The van der Waals surface area contributed by atoms with Crippen LogP contribution in [-0.4, -0.2) is 16.0 Å². The number of rotatable bonds is 3. The molecule has 0 atom stereocenters. The maximum Gasteiger partial charge on any atom is 0.137 e. The Morgan fingerprint density at radius 2 is 1.82 bits per heavy atom. The molecule has 3 rings (SSSR count). The van der Waals surface area contributed by atoms with Gasteiger partial charge in [0.15, 0.2) is 0 Å². The number of aromatic nitrogens is 2. The molecule has 0 radical (unpaired) electrons. The molecule has 0 aromatic carbocycles. The molecule has 92 valence electrons. The van der Waals surface area contributed by atoms with Crippen LogP contribution in [0.15, 0.2) is 0 Å². The van der Waals surface area contributed by atoms with Gasteiger partial charge in [-0.25, -0.2) is 9.97 Å². The van der Waals surface area contributed by atoms with E-state index < -0.39 is 0 Å². The predicted octanol–water partition coefficient (Wildman–Crippen LogP) is 3.67. The van der Waals surface area contributed by atoms with E-state index in [1.807, 2.05) is 6.92 Å². The van der Waals surface area contributed by atoms with Crippen LogP contribution in [0.25, 0.3) is 0 Å². The van der Waals surface area contributed by atoms with E-state index in [1.165, 1.54) is 38.5 Å². The molecule has 17 heavy (non-hydrogen) atoms. The molecule has 1 aromatic rings. The van der Waals surface area contributed by atoms with Gasteiger partial charge in [-0.3, -0.25) is 0 Å². The molecule has 3 nitrogen and oxygen atoms in total. The molecule has 2 aliphatic rings. The zero-order valence-corrected chi connectivity index (χ0v) is 10.9. The van der Waals surface area contributed by atoms with Crippen molar-refractivity contribution in [1.82, 2.24) is 9.97 Å². The number of nitrogens with zero attached hydrogens (tertiary/aromatic N) is 2. The van der Waals surface area contributed by atoms with Crippen LogP contribution in [0.1, 0.15) is 55.8 Å². The SMILES string of the molecule is Cc1c(Cl)nc(C2CCCC2)nc1NC1CC1. The van der Waals surface area contributed by atoms with Crippen LogP contribution in [0.3, 0.4) is 0 Å². The first-order valence-electron chi connectivity index (χ1n) is 6.54. The van der Waals surface area contributed by atoms with Crippen molar-refractivity contribution in [3.8, 4) is 0 Å². The molecule has 1 N–H and O–H groups in total. The Bertz CT molecular complexity index is 423. The minimum atomic E-state index is 0.521. The smallest absolute Gasteiger partial charge is 0.137 e. The molecule has 4 heteroatoms. The van der Waals surface area contributed by atoms with Gasteiger partial charge in [-0.2, -0.15) is 0 Å². The van der Waals surface area contributed by atoms with Crippen LogP contribution in [-0.2, 0) is 0 Å². The first kappa shape index (κ1) is 11.3. The summed E-state index contributed by atoms with van der Waals surface area (Å²) in [6.07, 6.45) is 7.51. The summed E-state index contributed by atoms with van der Waals surface area (Å²) < 4.78 is 0. The molecular weight excluding hydrogens is 234 g/mol. The van der Waals surface area contributed by atoms with Crippen LogP contribution in [0.4, 0.5) is 5.82 Å². The normalized spacial score (nSPS) is 20.8. The summed E-state index contributed by atoms with van der Waals surface area (Å²) in [6, 6.07) is 0.607. The second-order valence-electron chi connectivity index (χ2n) is 5.25. The van der Waals surface area contributed by atoms with Gasteiger partial charge in [-0.05, 0) is 32.6 Å². The Kier molecular flexibility index (Phi) is 2.95. The highest BCUT2D eigenvalue weighted by molar-refractivity contribution is 6.30. The zero-order chi connectivity index (χ0) is 11.8. The number of hydrogen-bond donors (Lipinski definition) is 1. The van der Waals surface area contributed by atoms with Crippen molar-refractivity contribution < 1.29 is 0 Å². The minimum absolute atomic E-state index is 0.521. The molecule has 0 aliphatic heterocycles. The first-order valence-corrected chi connectivity index (χ1v) is 6.92. The molecule has 0 spiro atoms. The standard InChI is InChI=1S/C13H18ClN3/c1-8-11(14)16-13(9-4-2-3-5-9)17-12(8)15-10-6-7-10/h9-10H,2-7H2,1H3,(H,15,16,17).